The normalized spacial score (nSPS) is 15.6. The molecule has 2 atom stereocenters. The van der Waals surface area contributed by atoms with E-state index in [1.807, 2.05) is 0 Å². The van der Waals surface area contributed by atoms with Crippen molar-refractivity contribution in [2.75, 3.05) is 0 Å². The quantitative estimate of drug-likeness (QED) is 0.556. The zero-order valence-corrected chi connectivity index (χ0v) is 8.13. The Kier molecular flexibility index (Phi) is 6.20. The van der Waals surface area contributed by atoms with Crippen LogP contribution in [0.5, 0.6) is 0 Å². The van der Waals surface area contributed by atoms with E-state index in [0.29, 0.717) is 0 Å². The summed E-state index contributed by atoms with van der Waals surface area (Å²) in [5, 5.41) is 17.3. The first-order valence-electron chi connectivity index (χ1n) is 4.16. The number of rotatable bonds is 6. The van der Waals surface area contributed by atoms with E-state index in [1.54, 1.807) is 0 Å². The summed E-state index contributed by atoms with van der Waals surface area (Å²) in [7, 11) is 0. The number of carbonyl (C=O) groups is 1. The zero-order chi connectivity index (χ0) is 9.56. The minimum Gasteiger partial charge on any atom is -0.479 e. The summed E-state index contributed by atoms with van der Waals surface area (Å²) in [6.07, 6.45) is 1.94. The summed E-state index contributed by atoms with van der Waals surface area (Å²) < 4.78 is 0. The van der Waals surface area contributed by atoms with Gasteiger partial charge in [-0.1, -0.05) is 19.8 Å². The molecule has 4 heteroatoms. The van der Waals surface area contributed by atoms with Crippen LogP contribution in [0.15, 0.2) is 0 Å². The van der Waals surface area contributed by atoms with Crippen molar-refractivity contribution in [1.29, 1.82) is 0 Å². The monoisotopic (exact) mass is 192 g/mol. The van der Waals surface area contributed by atoms with Crippen LogP contribution < -0.4 is 0 Å². The van der Waals surface area contributed by atoms with Gasteiger partial charge in [-0.2, -0.15) is 12.6 Å². The van der Waals surface area contributed by atoms with E-state index in [-0.39, 0.29) is 11.7 Å². The van der Waals surface area contributed by atoms with Crippen LogP contribution >= 0.6 is 12.6 Å². The van der Waals surface area contributed by atoms with E-state index in [4.69, 9.17) is 10.2 Å². The lowest BCUT2D eigenvalue weighted by molar-refractivity contribution is -0.146. The van der Waals surface area contributed by atoms with Gasteiger partial charge in [0.25, 0.3) is 0 Å². The van der Waals surface area contributed by atoms with Gasteiger partial charge >= 0.3 is 5.97 Å². The molecule has 0 radical (unpaired) electrons. The summed E-state index contributed by atoms with van der Waals surface area (Å²) in [5.41, 5.74) is 0. The third kappa shape index (κ3) is 5.43. The molecule has 0 aromatic rings. The van der Waals surface area contributed by atoms with E-state index in [1.165, 1.54) is 0 Å². The fourth-order valence-electron chi connectivity index (χ4n) is 0.916. The fraction of sp³-hybridized carbons (Fsp3) is 0.875. The number of thiol groups is 1. The molecule has 0 rings (SSSR count). The van der Waals surface area contributed by atoms with E-state index < -0.39 is 12.1 Å². The van der Waals surface area contributed by atoms with E-state index in [0.717, 1.165) is 19.3 Å². The predicted molar refractivity (Wildman–Crippen MR) is 50.6 cm³/mol. The van der Waals surface area contributed by atoms with Crippen LogP contribution in [0.25, 0.3) is 0 Å². The summed E-state index contributed by atoms with van der Waals surface area (Å²) in [4.78, 5) is 10.2. The fourth-order valence-corrected chi connectivity index (χ4v) is 1.30. The topological polar surface area (TPSA) is 57.5 Å². The number of carboxylic acids is 1. The second-order valence-corrected chi connectivity index (χ2v) is 3.62. The largest absolute Gasteiger partial charge is 0.479 e. The Morgan fingerprint density at radius 3 is 2.58 bits per heavy atom. The van der Waals surface area contributed by atoms with Gasteiger partial charge < -0.3 is 10.2 Å². The van der Waals surface area contributed by atoms with Crippen LogP contribution in [0.4, 0.5) is 0 Å². The molecule has 0 aromatic carbocycles. The third-order valence-electron chi connectivity index (χ3n) is 1.67. The van der Waals surface area contributed by atoms with E-state index >= 15 is 0 Å². The first-order chi connectivity index (χ1) is 5.57. The van der Waals surface area contributed by atoms with Gasteiger partial charge in [-0.05, 0) is 12.8 Å². The number of hydrogen-bond donors (Lipinski definition) is 3. The van der Waals surface area contributed by atoms with Crippen LogP contribution in [0, 0.1) is 0 Å². The molecule has 2 N–H and O–H groups in total. The molecular weight excluding hydrogens is 176 g/mol. The van der Waals surface area contributed by atoms with Crippen LogP contribution in [0.1, 0.15) is 32.6 Å². The molecule has 2 unspecified atom stereocenters. The molecule has 0 fully saturated rings. The molecule has 0 aliphatic carbocycles. The van der Waals surface area contributed by atoms with Crippen molar-refractivity contribution in [2.24, 2.45) is 0 Å². The summed E-state index contributed by atoms with van der Waals surface area (Å²) in [6.45, 7) is 2.06. The highest BCUT2D eigenvalue weighted by atomic mass is 32.1. The first-order valence-corrected chi connectivity index (χ1v) is 4.68. The average molecular weight is 192 g/mol. The average Bonchev–Trinajstić information content (AvgIpc) is 2.00. The molecule has 0 heterocycles. The van der Waals surface area contributed by atoms with Gasteiger partial charge in [0.05, 0.1) is 0 Å². The van der Waals surface area contributed by atoms with Crippen molar-refractivity contribution in [3.63, 3.8) is 0 Å². The number of aliphatic hydroxyl groups excluding tert-OH is 1. The van der Waals surface area contributed by atoms with Crippen LogP contribution in [-0.2, 0) is 4.79 Å². The van der Waals surface area contributed by atoms with Gasteiger partial charge in [0.15, 0.2) is 6.10 Å². The lowest BCUT2D eigenvalue weighted by atomic mass is 10.1. The molecule has 0 bridgehead atoms. The maximum absolute atomic E-state index is 10.2. The maximum atomic E-state index is 10.2. The molecule has 0 saturated heterocycles. The smallest absolute Gasteiger partial charge is 0.332 e. The van der Waals surface area contributed by atoms with Gasteiger partial charge in [-0.3, -0.25) is 0 Å². The number of carboxylic acid groups (broad SMARTS) is 1. The Hall–Kier alpha value is -0.220. The highest BCUT2D eigenvalue weighted by Crippen LogP contribution is 2.13. The number of aliphatic hydroxyl groups is 1. The van der Waals surface area contributed by atoms with E-state index in [2.05, 4.69) is 19.6 Å². The molecule has 12 heavy (non-hydrogen) atoms. The molecule has 0 aromatic heterocycles. The van der Waals surface area contributed by atoms with Crippen molar-refractivity contribution < 1.29 is 15.0 Å². The first kappa shape index (κ1) is 11.8. The Balaban J connectivity index is 3.53. The predicted octanol–water partition coefficient (Wildman–Crippen LogP) is 1.31. The van der Waals surface area contributed by atoms with Gasteiger partial charge in [0, 0.05) is 5.25 Å². The molecule has 0 aliphatic rings. The molecule has 0 aliphatic heterocycles. The Morgan fingerprint density at radius 1 is 1.58 bits per heavy atom. The lowest BCUT2D eigenvalue weighted by Crippen LogP contribution is -2.23. The Bertz CT molecular complexity index is 138. The maximum Gasteiger partial charge on any atom is 0.332 e. The summed E-state index contributed by atoms with van der Waals surface area (Å²) in [5.74, 6) is -1.16. The van der Waals surface area contributed by atoms with Crippen LogP contribution in [0.2, 0.25) is 0 Å². The highest BCUT2D eigenvalue weighted by molar-refractivity contribution is 7.80. The second kappa shape index (κ2) is 6.31. The molecule has 0 spiro atoms. The van der Waals surface area contributed by atoms with Crippen LogP contribution in [0.3, 0.4) is 0 Å². The standard InChI is InChI=1S/C8H16O3S/c1-2-3-4-6(12)5-7(9)8(10)11/h6-7,9,12H,2-5H2,1H3,(H,10,11). The molecule has 72 valence electrons. The summed E-state index contributed by atoms with van der Waals surface area (Å²) >= 11 is 4.17. The van der Waals surface area contributed by atoms with Crippen molar-refractivity contribution in [1.82, 2.24) is 0 Å². The van der Waals surface area contributed by atoms with Gasteiger partial charge in [0.2, 0.25) is 0 Å². The van der Waals surface area contributed by atoms with Crippen LogP contribution in [-0.4, -0.2) is 27.5 Å². The van der Waals surface area contributed by atoms with Gasteiger partial charge in [-0.25, -0.2) is 4.79 Å². The minimum absolute atomic E-state index is 0.00366. The molecular formula is C8H16O3S. The second-order valence-electron chi connectivity index (χ2n) is 2.89. The SMILES string of the molecule is CCCCC(S)CC(O)C(=O)O. The van der Waals surface area contributed by atoms with E-state index in [9.17, 15) is 4.79 Å². The van der Waals surface area contributed by atoms with Crippen molar-refractivity contribution in [3.8, 4) is 0 Å². The third-order valence-corrected chi connectivity index (χ3v) is 2.14. The Morgan fingerprint density at radius 2 is 2.17 bits per heavy atom. The van der Waals surface area contributed by atoms with Crippen molar-refractivity contribution in [3.05, 3.63) is 0 Å². The molecule has 3 nitrogen and oxygen atoms in total. The number of aliphatic carboxylic acids is 1. The van der Waals surface area contributed by atoms with Gasteiger partial charge in [-0.15, -0.1) is 0 Å². The van der Waals surface area contributed by atoms with Gasteiger partial charge in [0.1, 0.15) is 0 Å². The Labute approximate surface area is 78.2 Å². The number of hydrogen-bond acceptors (Lipinski definition) is 3. The lowest BCUT2D eigenvalue weighted by Gasteiger charge is -2.11. The highest BCUT2D eigenvalue weighted by Gasteiger charge is 2.16. The molecule has 0 saturated carbocycles. The number of unbranched alkanes of at least 4 members (excludes halogenated alkanes) is 1. The van der Waals surface area contributed by atoms with Crippen molar-refractivity contribution >= 4 is 18.6 Å². The molecule has 0 amide bonds. The zero-order valence-electron chi connectivity index (χ0n) is 7.23. The van der Waals surface area contributed by atoms with Crippen molar-refractivity contribution in [2.45, 2.75) is 44.0 Å². The summed E-state index contributed by atoms with van der Waals surface area (Å²) in [6, 6.07) is 0. The minimum atomic E-state index is -1.26.